The zero-order valence-electron chi connectivity index (χ0n) is 20.4. The molecule has 0 aliphatic carbocycles. The van der Waals surface area contributed by atoms with Crippen LogP contribution in [0.15, 0.2) is 72.8 Å². The molecule has 0 atom stereocenters. The third-order valence-electron chi connectivity index (χ3n) is 5.11. The van der Waals surface area contributed by atoms with E-state index < -0.39 is 6.16 Å². The highest BCUT2D eigenvalue weighted by Gasteiger charge is 2.09. The van der Waals surface area contributed by atoms with Gasteiger partial charge in [0.15, 0.2) is 0 Å². The van der Waals surface area contributed by atoms with Gasteiger partial charge >= 0.3 is 6.16 Å². The molecule has 0 saturated heterocycles. The van der Waals surface area contributed by atoms with Crippen LogP contribution in [0, 0.1) is 6.92 Å². The molecular weight excluding hydrogens is 460 g/mol. The summed E-state index contributed by atoms with van der Waals surface area (Å²) in [5, 5.41) is 5.70. The molecule has 0 unspecified atom stereocenters. The van der Waals surface area contributed by atoms with E-state index >= 15 is 0 Å². The normalized spacial score (nSPS) is 10.3. The van der Waals surface area contributed by atoms with Gasteiger partial charge < -0.3 is 24.8 Å². The van der Waals surface area contributed by atoms with E-state index in [-0.39, 0.29) is 18.4 Å². The second-order valence-electron chi connectivity index (χ2n) is 8.00. The number of ether oxygens (including phenoxy) is 3. The average Bonchev–Trinajstić information content (AvgIpc) is 2.87. The van der Waals surface area contributed by atoms with Crippen molar-refractivity contribution in [3.05, 3.63) is 89.5 Å². The van der Waals surface area contributed by atoms with Crippen molar-refractivity contribution in [2.45, 2.75) is 33.2 Å². The molecule has 0 heterocycles. The molecule has 0 fully saturated rings. The van der Waals surface area contributed by atoms with Crippen molar-refractivity contribution in [2.75, 3.05) is 18.5 Å². The number of carbonyl (C=O) groups is 3. The number of aryl methyl sites for hydroxylation is 1. The first-order valence-electron chi connectivity index (χ1n) is 11.7. The van der Waals surface area contributed by atoms with Gasteiger partial charge in [0.05, 0.1) is 13.2 Å². The third-order valence-corrected chi connectivity index (χ3v) is 5.11. The molecule has 3 aromatic rings. The van der Waals surface area contributed by atoms with Gasteiger partial charge in [-0.05, 0) is 74.4 Å². The Balaban J connectivity index is 1.37. The van der Waals surface area contributed by atoms with Crippen LogP contribution >= 0.6 is 0 Å². The van der Waals surface area contributed by atoms with Crippen molar-refractivity contribution in [3.8, 4) is 11.5 Å². The molecule has 3 aromatic carbocycles. The van der Waals surface area contributed by atoms with Crippen molar-refractivity contribution in [2.24, 2.45) is 0 Å². The maximum absolute atomic E-state index is 12.4. The summed E-state index contributed by atoms with van der Waals surface area (Å²) in [6, 6.07) is 21.3. The van der Waals surface area contributed by atoms with Crippen molar-refractivity contribution in [3.63, 3.8) is 0 Å². The van der Waals surface area contributed by atoms with Crippen LogP contribution in [-0.4, -0.2) is 31.2 Å². The fourth-order valence-electron chi connectivity index (χ4n) is 3.19. The van der Waals surface area contributed by atoms with Gasteiger partial charge in [-0.25, -0.2) is 4.79 Å². The van der Waals surface area contributed by atoms with Crippen LogP contribution in [0.5, 0.6) is 11.5 Å². The highest BCUT2D eigenvalue weighted by molar-refractivity contribution is 5.94. The average molecular weight is 491 g/mol. The molecule has 8 heteroatoms. The summed E-state index contributed by atoms with van der Waals surface area (Å²) in [5.41, 5.74) is 3.17. The van der Waals surface area contributed by atoms with E-state index in [0.29, 0.717) is 43.0 Å². The number of hydrogen-bond acceptors (Lipinski definition) is 6. The van der Waals surface area contributed by atoms with Crippen LogP contribution in [0.25, 0.3) is 0 Å². The fourth-order valence-corrected chi connectivity index (χ4v) is 3.19. The molecule has 0 spiro atoms. The van der Waals surface area contributed by atoms with Gasteiger partial charge in [-0.15, -0.1) is 0 Å². The molecule has 188 valence electrons. The SMILES string of the molecule is CCOC(=O)Oc1ccc(C(=O)NCc2ccc(NC(=O)CCCOc3ccc(C)cc3)cc2)cc1. The molecule has 36 heavy (non-hydrogen) atoms. The van der Waals surface area contributed by atoms with E-state index in [4.69, 9.17) is 14.2 Å². The van der Waals surface area contributed by atoms with E-state index in [9.17, 15) is 14.4 Å². The van der Waals surface area contributed by atoms with Crippen molar-refractivity contribution in [1.82, 2.24) is 5.32 Å². The van der Waals surface area contributed by atoms with Gasteiger partial charge in [-0.3, -0.25) is 9.59 Å². The lowest BCUT2D eigenvalue weighted by atomic mass is 10.1. The summed E-state index contributed by atoms with van der Waals surface area (Å²) in [7, 11) is 0. The largest absolute Gasteiger partial charge is 0.513 e. The van der Waals surface area contributed by atoms with Crippen LogP contribution in [0.3, 0.4) is 0 Å². The molecule has 8 nitrogen and oxygen atoms in total. The zero-order valence-corrected chi connectivity index (χ0v) is 20.4. The Morgan fingerprint density at radius 1 is 0.833 bits per heavy atom. The Hall–Kier alpha value is -4.33. The Morgan fingerprint density at radius 3 is 2.17 bits per heavy atom. The first-order chi connectivity index (χ1) is 17.4. The maximum atomic E-state index is 12.4. The molecular formula is C28H30N2O6. The first-order valence-corrected chi connectivity index (χ1v) is 11.7. The van der Waals surface area contributed by atoms with Crippen molar-refractivity contribution >= 4 is 23.7 Å². The molecule has 0 aliphatic rings. The summed E-state index contributed by atoms with van der Waals surface area (Å²) in [4.78, 5) is 35.9. The Bertz CT molecular complexity index is 1140. The molecule has 2 N–H and O–H groups in total. The lowest BCUT2D eigenvalue weighted by Crippen LogP contribution is -2.22. The molecule has 0 aliphatic heterocycles. The molecule has 3 rings (SSSR count). The van der Waals surface area contributed by atoms with Crippen LogP contribution in [0.1, 0.15) is 41.3 Å². The lowest BCUT2D eigenvalue weighted by molar-refractivity contribution is -0.116. The summed E-state index contributed by atoms with van der Waals surface area (Å²) in [6.45, 7) is 4.71. The Morgan fingerprint density at radius 2 is 1.50 bits per heavy atom. The van der Waals surface area contributed by atoms with Crippen LogP contribution in [-0.2, 0) is 16.1 Å². The highest BCUT2D eigenvalue weighted by atomic mass is 16.7. The van der Waals surface area contributed by atoms with Gasteiger partial charge in [0, 0.05) is 24.2 Å². The minimum Gasteiger partial charge on any atom is -0.494 e. The minimum atomic E-state index is -0.790. The zero-order chi connectivity index (χ0) is 25.8. The van der Waals surface area contributed by atoms with E-state index in [1.807, 2.05) is 43.3 Å². The van der Waals surface area contributed by atoms with Crippen molar-refractivity contribution < 1.29 is 28.6 Å². The minimum absolute atomic E-state index is 0.0843. The number of benzene rings is 3. The van der Waals surface area contributed by atoms with Gasteiger partial charge in [-0.2, -0.15) is 0 Å². The Labute approximate surface area is 210 Å². The van der Waals surface area contributed by atoms with Gasteiger partial charge in [0.1, 0.15) is 11.5 Å². The van der Waals surface area contributed by atoms with E-state index in [1.54, 1.807) is 31.2 Å². The number of rotatable bonds is 11. The second kappa shape index (κ2) is 13.5. The van der Waals surface area contributed by atoms with Gasteiger partial charge in [0.2, 0.25) is 5.91 Å². The van der Waals surface area contributed by atoms with E-state index in [1.165, 1.54) is 17.7 Å². The monoisotopic (exact) mass is 490 g/mol. The van der Waals surface area contributed by atoms with Gasteiger partial charge in [-0.1, -0.05) is 29.8 Å². The second-order valence-corrected chi connectivity index (χ2v) is 8.00. The fraction of sp³-hybridized carbons (Fsp3) is 0.250. The number of nitrogens with one attached hydrogen (secondary N) is 2. The number of anilines is 1. The van der Waals surface area contributed by atoms with Crippen molar-refractivity contribution in [1.29, 1.82) is 0 Å². The number of hydrogen-bond donors (Lipinski definition) is 2. The summed E-state index contributed by atoms with van der Waals surface area (Å²) in [6.07, 6.45) is 0.175. The smallest absolute Gasteiger partial charge is 0.494 e. The predicted molar refractivity (Wildman–Crippen MR) is 136 cm³/mol. The topological polar surface area (TPSA) is 103 Å². The number of amides is 2. The molecule has 0 radical (unpaired) electrons. The highest BCUT2D eigenvalue weighted by Crippen LogP contribution is 2.15. The predicted octanol–water partition coefficient (Wildman–Crippen LogP) is 5.26. The maximum Gasteiger partial charge on any atom is 0.513 e. The lowest BCUT2D eigenvalue weighted by Gasteiger charge is -2.09. The summed E-state index contributed by atoms with van der Waals surface area (Å²) >= 11 is 0. The quantitative estimate of drug-likeness (QED) is 0.216. The summed E-state index contributed by atoms with van der Waals surface area (Å²) in [5.74, 6) is 0.743. The first kappa shape index (κ1) is 26.3. The summed E-state index contributed by atoms with van der Waals surface area (Å²) < 4.78 is 15.3. The van der Waals surface area contributed by atoms with E-state index in [2.05, 4.69) is 10.6 Å². The van der Waals surface area contributed by atoms with E-state index in [0.717, 1.165) is 11.3 Å². The molecule has 2 amide bonds. The van der Waals surface area contributed by atoms with Crippen LogP contribution in [0.4, 0.5) is 10.5 Å². The number of carbonyl (C=O) groups excluding carboxylic acids is 3. The molecule has 0 aromatic heterocycles. The molecule has 0 saturated carbocycles. The standard InChI is InChI=1S/C28H30N2O6/c1-3-34-28(33)36-25-16-10-22(11-17-25)27(32)29-19-21-8-12-23(13-9-21)30-26(31)5-4-18-35-24-14-6-20(2)7-15-24/h6-17H,3-5,18-19H2,1-2H3,(H,29,32)(H,30,31). The third kappa shape index (κ3) is 8.79. The Kier molecular flexibility index (Phi) is 9.88. The van der Waals surface area contributed by atoms with Crippen LogP contribution in [0.2, 0.25) is 0 Å². The van der Waals surface area contributed by atoms with Crippen LogP contribution < -0.4 is 20.1 Å². The molecule has 0 bridgehead atoms. The van der Waals surface area contributed by atoms with Gasteiger partial charge in [0.25, 0.3) is 5.91 Å².